The monoisotopic (exact) mass is 376 g/mol. The van der Waals surface area contributed by atoms with Crippen molar-refractivity contribution in [1.29, 1.82) is 0 Å². The average Bonchev–Trinajstić information content (AvgIpc) is 2.66. The minimum absolute atomic E-state index is 0.0733. The van der Waals surface area contributed by atoms with E-state index in [4.69, 9.17) is 9.73 Å². The van der Waals surface area contributed by atoms with Gasteiger partial charge in [0.15, 0.2) is 5.96 Å². The maximum atomic E-state index is 13.3. The molecule has 27 heavy (non-hydrogen) atoms. The first-order valence-corrected chi connectivity index (χ1v) is 10.3. The van der Waals surface area contributed by atoms with Crippen molar-refractivity contribution in [1.82, 2.24) is 15.5 Å². The SMILES string of the molecule is CCNC(=NCC1(c2ccc(F)cc2)CCC1)NCCCN1CCOCC1. The van der Waals surface area contributed by atoms with Crippen LogP contribution in [-0.2, 0) is 10.2 Å². The molecule has 0 spiro atoms. The second-order valence-electron chi connectivity index (χ2n) is 7.57. The number of nitrogens with one attached hydrogen (secondary N) is 2. The minimum Gasteiger partial charge on any atom is -0.379 e. The van der Waals surface area contributed by atoms with Crippen molar-refractivity contribution in [3.63, 3.8) is 0 Å². The fourth-order valence-electron chi connectivity index (χ4n) is 3.85. The van der Waals surface area contributed by atoms with Crippen molar-refractivity contribution in [3.8, 4) is 0 Å². The summed E-state index contributed by atoms with van der Waals surface area (Å²) >= 11 is 0. The molecule has 0 bridgehead atoms. The summed E-state index contributed by atoms with van der Waals surface area (Å²) in [7, 11) is 0. The number of morpholine rings is 1. The fourth-order valence-corrected chi connectivity index (χ4v) is 3.85. The summed E-state index contributed by atoms with van der Waals surface area (Å²) in [4.78, 5) is 7.31. The first kappa shape index (κ1) is 20.1. The van der Waals surface area contributed by atoms with Gasteiger partial charge in [-0.15, -0.1) is 0 Å². The second-order valence-corrected chi connectivity index (χ2v) is 7.57. The van der Waals surface area contributed by atoms with Crippen LogP contribution in [0.15, 0.2) is 29.3 Å². The highest BCUT2D eigenvalue weighted by Gasteiger charge is 2.38. The topological polar surface area (TPSA) is 48.9 Å². The Labute approximate surface area is 162 Å². The van der Waals surface area contributed by atoms with Crippen LogP contribution in [0.3, 0.4) is 0 Å². The highest BCUT2D eigenvalue weighted by Crippen LogP contribution is 2.44. The lowest BCUT2D eigenvalue weighted by Gasteiger charge is -2.41. The Morgan fingerprint density at radius 2 is 1.93 bits per heavy atom. The van der Waals surface area contributed by atoms with Gasteiger partial charge in [-0.3, -0.25) is 9.89 Å². The summed E-state index contributed by atoms with van der Waals surface area (Å²) in [5.74, 6) is 0.708. The molecule has 1 heterocycles. The quantitative estimate of drug-likeness (QED) is 0.416. The van der Waals surface area contributed by atoms with Gasteiger partial charge in [0.2, 0.25) is 0 Å². The molecule has 2 fully saturated rings. The van der Waals surface area contributed by atoms with E-state index in [9.17, 15) is 4.39 Å². The number of hydrogen-bond acceptors (Lipinski definition) is 3. The van der Waals surface area contributed by atoms with Crippen LogP contribution in [0.2, 0.25) is 0 Å². The summed E-state index contributed by atoms with van der Waals surface area (Å²) in [6, 6.07) is 6.97. The second kappa shape index (κ2) is 10.0. The zero-order chi connectivity index (χ0) is 19.0. The molecule has 1 aromatic rings. The molecular weight excluding hydrogens is 343 g/mol. The van der Waals surface area contributed by atoms with E-state index >= 15 is 0 Å². The van der Waals surface area contributed by atoms with Crippen molar-refractivity contribution < 1.29 is 9.13 Å². The number of benzene rings is 1. The van der Waals surface area contributed by atoms with Crippen LogP contribution in [-0.4, -0.2) is 63.3 Å². The third-order valence-corrected chi connectivity index (χ3v) is 5.70. The summed E-state index contributed by atoms with van der Waals surface area (Å²) in [5, 5.41) is 6.81. The van der Waals surface area contributed by atoms with Crippen molar-refractivity contribution in [2.24, 2.45) is 4.99 Å². The van der Waals surface area contributed by atoms with Crippen molar-refractivity contribution in [3.05, 3.63) is 35.6 Å². The molecule has 0 radical (unpaired) electrons. The van der Waals surface area contributed by atoms with E-state index in [1.54, 1.807) is 12.1 Å². The van der Waals surface area contributed by atoms with Crippen LogP contribution in [0.25, 0.3) is 0 Å². The molecule has 5 nitrogen and oxygen atoms in total. The Hall–Kier alpha value is -1.66. The van der Waals surface area contributed by atoms with Crippen molar-refractivity contribution in [2.45, 2.75) is 38.0 Å². The van der Waals surface area contributed by atoms with Gasteiger partial charge in [-0.2, -0.15) is 0 Å². The number of ether oxygens (including phenoxy) is 1. The van der Waals surface area contributed by atoms with Crippen LogP contribution in [0.1, 0.15) is 38.2 Å². The van der Waals surface area contributed by atoms with Gasteiger partial charge in [0, 0.05) is 31.6 Å². The Morgan fingerprint density at radius 1 is 1.19 bits per heavy atom. The van der Waals surface area contributed by atoms with Gasteiger partial charge in [-0.25, -0.2) is 4.39 Å². The van der Waals surface area contributed by atoms with E-state index in [0.717, 1.165) is 77.7 Å². The number of aliphatic imine (C=N–C) groups is 1. The predicted molar refractivity (Wildman–Crippen MR) is 108 cm³/mol. The van der Waals surface area contributed by atoms with Gasteiger partial charge in [0.1, 0.15) is 5.82 Å². The molecule has 1 saturated carbocycles. The fraction of sp³-hybridized carbons (Fsp3) is 0.667. The summed E-state index contributed by atoms with van der Waals surface area (Å²) in [6.07, 6.45) is 4.56. The third kappa shape index (κ3) is 5.66. The van der Waals surface area contributed by atoms with Crippen LogP contribution < -0.4 is 10.6 Å². The van der Waals surface area contributed by atoms with E-state index < -0.39 is 0 Å². The zero-order valence-electron chi connectivity index (χ0n) is 16.5. The van der Waals surface area contributed by atoms with E-state index in [2.05, 4.69) is 22.5 Å². The lowest BCUT2D eigenvalue weighted by atomic mass is 9.64. The number of rotatable bonds is 8. The van der Waals surface area contributed by atoms with E-state index in [-0.39, 0.29) is 11.2 Å². The molecule has 1 aliphatic carbocycles. The highest BCUT2D eigenvalue weighted by molar-refractivity contribution is 5.79. The van der Waals surface area contributed by atoms with Crippen LogP contribution in [0, 0.1) is 5.82 Å². The van der Waals surface area contributed by atoms with Crippen molar-refractivity contribution >= 4 is 5.96 Å². The van der Waals surface area contributed by atoms with Crippen LogP contribution in [0.5, 0.6) is 0 Å². The largest absolute Gasteiger partial charge is 0.379 e. The van der Waals surface area contributed by atoms with Crippen molar-refractivity contribution in [2.75, 3.05) is 52.5 Å². The van der Waals surface area contributed by atoms with Gasteiger partial charge < -0.3 is 15.4 Å². The molecule has 0 amide bonds. The predicted octanol–water partition coefficient (Wildman–Crippen LogP) is 2.52. The number of nitrogens with zero attached hydrogens (tertiary/aromatic N) is 2. The van der Waals surface area contributed by atoms with Gasteiger partial charge in [-0.05, 0) is 50.4 Å². The summed E-state index contributed by atoms with van der Waals surface area (Å²) < 4.78 is 18.7. The lowest BCUT2D eigenvalue weighted by molar-refractivity contribution is 0.0376. The van der Waals surface area contributed by atoms with Gasteiger partial charge in [0.05, 0.1) is 19.8 Å². The highest BCUT2D eigenvalue weighted by atomic mass is 19.1. The minimum atomic E-state index is -0.174. The maximum absolute atomic E-state index is 13.3. The molecule has 2 N–H and O–H groups in total. The standard InChI is InChI=1S/C21H33FN4O/c1-2-23-20(24-11-4-12-26-13-15-27-16-14-26)25-17-21(9-3-10-21)18-5-7-19(22)8-6-18/h5-8H,2-4,9-17H2,1H3,(H2,23,24,25). The van der Waals surface area contributed by atoms with Crippen LogP contribution >= 0.6 is 0 Å². The van der Waals surface area contributed by atoms with E-state index in [1.165, 1.54) is 12.0 Å². The van der Waals surface area contributed by atoms with E-state index in [0.29, 0.717) is 0 Å². The maximum Gasteiger partial charge on any atom is 0.191 e. The Kier molecular flexibility index (Phi) is 7.47. The first-order chi connectivity index (χ1) is 13.2. The molecule has 0 aromatic heterocycles. The number of guanidine groups is 1. The molecule has 3 rings (SSSR count). The molecule has 1 aromatic carbocycles. The molecule has 0 atom stereocenters. The Balaban J connectivity index is 1.50. The zero-order valence-corrected chi connectivity index (χ0v) is 16.5. The van der Waals surface area contributed by atoms with Gasteiger partial charge >= 0.3 is 0 Å². The smallest absolute Gasteiger partial charge is 0.191 e. The average molecular weight is 377 g/mol. The molecule has 1 saturated heterocycles. The summed E-state index contributed by atoms with van der Waals surface area (Å²) in [6.45, 7) is 9.46. The van der Waals surface area contributed by atoms with Gasteiger partial charge in [0.25, 0.3) is 0 Å². The number of halogens is 1. The first-order valence-electron chi connectivity index (χ1n) is 10.3. The number of hydrogen-bond donors (Lipinski definition) is 2. The Bertz CT molecular complexity index is 595. The Morgan fingerprint density at radius 3 is 2.56 bits per heavy atom. The van der Waals surface area contributed by atoms with Crippen LogP contribution in [0.4, 0.5) is 4.39 Å². The van der Waals surface area contributed by atoms with Gasteiger partial charge in [-0.1, -0.05) is 18.6 Å². The molecule has 6 heteroatoms. The molecule has 2 aliphatic rings. The molecular formula is C21H33FN4O. The normalized spacial score (nSPS) is 20.1. The molecule has 150 valence electrons. The van der Waals surface area contributed by atoms with E-state index in [1.807, 2.05) is 12.1 Å². The summed E-state index contributed by atoms with van der Waals surface area (Å²) in [5.41, 5.74) is 1.28. The molecule has 0 unspecified atom stereocenters. The molecule has 1 aliphatic heterocycles. The lowest BCUT2D eigenvalue weighted by Crippen LogP contribution is -2.43. The third-order valence-electron chi connectivity index (χ3n) is 5.70.